The summed E-state index contributed by atoms with van der Waals surface area (Å²) in [4.78, 5) is 12.9. The van der Waals surface area contributed by atoms with Crippen molar-refractivity contribution in [1.82, 2.24) is 15.5 Å². The van der Waals surface area contributed by atoms with Gasteiger partial charge >= 0.3 is 0 Å². The zero-order valence-electron chi connectivity index (χ0n) is 19.1. The Morgan fingerprint density at radius 2 is 1.85 bits per heavy atom. The molecule has 0 saturated heterocycles. The summed E-state index contributed by atoms with van der Waals surface area (Å²) in [7, 11) is 4.63. The molecule has 4 rings (SSSR count). The summed E-state index contributed by atoms with van der Waals surface area (Å²) in [6.07, 6.45) is 3.05. The molecule has 0 saturated carbocycles. The number of benzene rings is 2. The Kier molecular flexibility index (Phi) is 7.08. The minimum atomic E-state index is -0.396. The number of ether oxygens (including phenoxy) is 3. The van der Waals surface area contributed by atoms with Crippen LogP contribution in [0.4, 0.5) is 0 Å². The Labute approximate surface area is 197 Å². The number of methoxy groups -OCH3 is 3. The van der Waals surface area contributed by atoms with Gasteiger partial charge in [0.2, 0.25) is 17.5 Å². The highest BCUT2D eigenvalue weighted by molar-refractivity contribution is 8.00. The number of fused-ring (bicyclic) bond motifs is 1. The lowest BCUT2D eigenvalue weighted by atomic mass is 9.88. The number of thioether (sulfide) groups is 1. The van der Waals surface area contributed by atoms with Gasteiger partial charge in [-0.05, 0) is 49.4 Å². The van der Waals surface area contributed by atoms with Crippen LogP contribution in [0.1, 0.15) is 36.9 Å². The van der Waals surface area contributed by atoms with Gasteiger partial charge in [-0.15, -0.1) is 10.2 Å². The van der Waals surface area contributed by atoms with Crippen molar-refractivity contribution < 1.29 is 23.4 Å². The first-order chi connectivity index (χ1) is 16.0. The first kappa shape index (κ1) is 23.0. The average Bonchev–Trinajstić information content (AvgIpc) is 3.31. The standard InChI is InChI=1S/C24H27N3O5S/c1-14(22(28)25-18-11-7-9-15-8-5-6-10-17(15)18)33-24-27-26-23(32-24)16-12-19(29-2)21(31-4)20(13-16)30-3/h5-6,8,10,12-14,18H,7,9,11H2,1-4H3,(H,25,28). The lowest BCUT2D eigenvalue weighted by Crippen LogP contribution is -2.35. The molecule has 0 spiro atoms. The van der Waals surface area contributed by atoms with Gasteiger partial charge in [0, 0.05) is 5.56 Å². The van der Waals surface area contributed by atoms with Crippen LogP contribution in [0.25, 0.3) is 11.5 Å². The molecule has 0 aliphatic heterocycles. The zero-order chi connectivity index (χ0) is 23.4. The van der Waals surface area contributed by atoms with E-state index in [1.807, 2.05) is 19.1 Å². The number of rotatable bonds is 8. The summed E-state index contributed by atoms with van der Waals surface area (Å²) in [6.45, 7) is 1.83. The summed E-state index contributed by atoms with van der Waals surface area (Å²) in [5.41, 5.74) is 3.14. The Bertz CT molecular complexity index is 1110. The number of nitrogens with one attached hydrogen (secondary N) is 1. The maximum atomic E-state index is 12.9. The summed E-state index contributed by atoms with van der Waals surface area (Å²) < 4.78 is 21.9. The molecule has 1 N–H and O–H groups in total. The average molecular weight is 470 g/mol. The summed E-state index contributed by atoms with van der Waals surface area (Å²) in [6, 6.07) is 11.8. The maximum Gasteiger partial charge on any atom is 0.277 e. The second kappa shape index (κ2) is 10.2. The van der Waals surface area contributed by atoms with E-state index in [0.29, 0.717) is 33.9 Å². The highest BCUT2D eigenvalue weighted by Gasteiger charge is 2.25. The number of hydrogen-bond donors (Lipinski definition) is 1. The first-order valence-electron chi connectivity index (χ1n) is 10.7. The molecule has 2 unspecified atom stereocenters. The van der Waals surface area contributed by atoms with E-state index >= 15 is 0 Å². The maximum absolute atomic E-state index is 12.9. The van der Waals surface area contributed by atoms with E-state index in [2.05, 4.69) is 27.6 Å². The van der Waals surface area contributed by atoms with E-state index in [-0.39, 0.29) is 11.9 Å². The molecular formula is C24H27N3O5S. The van der Waals surface area contributed by atoms with Crippen LogP contribution in [0.15, 0.2) is 46.0 Å². The molecule has 0 radical (unpaired) electrons. The van der Waals surface area contributed by atoms with E-state index in [0.717, 1.165) is 19.3 Å². The number of amides is 1. The van der Waals surface area contributed by atoms with Gasteiger partial charge in [-0.2, -0.15) is 0 Å². The fourth-order valence-corrected chi connectivity index (χ4v) is 4.67. The molecule has 9 heteroatoms. The van der Waals surface area contributed by atoms with Crippen molar-refractivity contribution >= 4 is 17.7 Å². The molecule has 1 aromatic heterocycles. The van der Waals surface area contributed by atoms with Gasteiger partial charge in [0.1, 0.15) is 0 Å². The normalized spacial score (nSPS) is 15.9. The van der Waals surface area contributed by atoms with Crippen LogP contribution in [-0.2, 0) is 11.2 Å². The highest BCUT2D eigenvalue weighted by atomic mass is 32.2. The van der Waals surface area contributed by atoms with Crippen molar-refractivity contribution in [2.24, 2.45) is 0 Å². The summed E-state index contributed by atoms with van der Waals surface area (Å²) >= 11 is 1.23. The lowest BCUT2D eigenvalue weighted by molar-refractivity contribution is -0.121. The topological polar surface area (TPSA) is 95.7 Å². The van der Waals surface area contributed by atoms with Crippen molar-refractivity contribution in [3.8, 4) is 28.7 Å². The number of aryl methyl sites for hydroxylation is 1. The first-order valence-corrected chi connectivity index (χ1v) is 11.6. The third kappa shape index (κ3) is 4.93. The third-order valence-electron chi connectivity index (χ3n) is 5.65. The number of nitrogens with zero attached hydrogens (tertiary/aromatic N) is 2. The van der Waals surface area contributed by atoms with Crippen molar-refractivity contribution in [3.63, 3.8) is 0 Å². The van der Waals surface area contributed by atoms with E-state index < -0.39 is 5.25 Å². The fourth-order valence-electron chi connectivity index (χ4n) is 3.98. The molecule has 0 fully saturated rings. The molecule has 1 aliphatic carbocycles. The minimum absolute atomic E-state index is 0.0305. The molecular weight excluding hydrogens is 442 g/mol. The van der Waals surface area contributed by atoms with Crippen molar-refractivity contribution in [2.45, 2.75) is 42.7 Å². The second-order valence-corrected chi connectivity index (χ2v) is 8.99. The number of carbonyl (C=O) groups excluding carboxylic acids is 1. The van der Waals surface area contributed by atoms with E-state index in [4.69, 9.17) is 18.6 Å². The SMILES string of the molecule is COc1cc(-c2nnc(SC(C)C(=O)NC3CCCc4ccccc43)o2)cc(OC)c1OC. The molecule has 1 amide bonds. The van der Waals surface area contributed by atoms with Gasteiger partial charge in [0.25, 0.3) is 5.22 Å². The lowest BCUT2D eigenvalue weighted by Gasteiger charge is -2.27. The van der Waals surface area contributed by atoms with Gasteiger partial charge < -0.3 is 23.9 Å². The zero-order valence-corrected chi connectivity index (χ0v) is 19.9. The van der Waals surface area contributed by atoms with Crippen molar-refractivity contribution in [2.75, 3.05) is 21.3 Å². The minimum Gasteiger partial charge on any atom is -0.493 e. The Morgan fingerprint density at radius 1 is 1.12 bits per heavy atom. The largest absolute Gasteiger partial charge is 0.493 e. The van der Waals surface area contributed by atoms with Crippen LogP contribution >= 0.6 is 11.8 Å². The van der Waals surface area contributed by atoms with Gasteiger partial charge in [-0.3, -0.25) is 4.79 Å². The third-order valence-corrected chi connectivity index (χ3v) is 6.59. The van der Waals surface area contributed by atoms with Crippen LogP contribution in [0.3, 0.4) is 0 Å². The van der Waals surface area contributed by atoms with E-state index in [1.54, 1.807) is 33.5 Å². The number of hydrogen-bond acceptors (Lipinski definition) is 8. The van der Waals surface area contributed by atoms with E-state index in [1.165, 1.54) is 22.9 Å². The highest BCUT2D eigenvalue weighted by Crippen LogP contribution is 2.41. The molecule has 0 bridgehead atoms. The quantitative estimate of drug-likeness (QED) is 0.484. The predicted molar refractivity (Wildman–Crippen MR) is 125 cm³/mol. The fraction of sp³-hybridized carbons (Fsp3) is 0.375. The van der Waals surface area contributed by atoms with Crippen LogP contribution in [0.5, 0.6) is 17.2 Å². The van der Waals surface area contributed by atoms with Crippen molar-refractivity contribution in [1.29, 1.82) is 0 Å². The molecule has 3 aromatic rings. The smallest absolute Gasteiger partial charge is 0.277 e. The molecule has 2 atom stereocenters. The number of aromatic nitrogens is 2. The molecule has 2 aromatic carbocycles. The predicted octanol–water partition coefficient (Wildman–Crippen LogP) is 4.44. The summed E-state index contributed by atoms with van der Waals surface area (Å²) in [5, 5.41) is 11.3. The number of carbonyl (C=O) groups is 1. The molecule has 1 aliphatic rings. The monoisotopic (exact) mass is 469 g/mol. The van der Waals surface area contributed by atoms with Gasteiger partial charge in [-0.1, -0.05) is 36.0 Å². The molecule has 33 heavy (non-hydrogen) atoms. The molecule has 1 heterocycles. The van der Waals surface area contributed by atoms with Crippen LogP contribution in [-0.4, -0.2) is 42.7 Å². The molecule has 174 valence electrons. The van der Waals surface area contributed by atoms with Gasteiger partial charge in [-0.25, -0.2) is 0 Å². The van der Waals surface area contributed by atoms with E-state index in [9.17, 15) is 4.79 Å². The molecule has 8 nitrogen and oxygen atoms in total. The van der Waals surface area contributed by atoms with Crippen molar-refractivity contribution in [3.05, 3.63) is 47.5 Å². The van der Waals surface area contributed by atoms with Gasteiger partial charge in [0.15, 0.2) is 11.5 Å². The second-order valence-electron chi connectivity index (χ2n) is 7.70. The van der Waals surface area contributed by atoms with Crippen LogP contribution < -0.4 is 19.5 Å². The Morgan fingerprint density at radius 3 is 2.55 bits per heavy atom. The van der Waals surface area contributed by atoms with Crippen LogP contribution in [0.2, 0.25) is 0 Å². The summed E-state index contributed by atoms with van der Waals surface area (Å²) in [5.74, 6) is 1.69. The van der Waals surface area contributed by atoms with Gasteiger partial charge in [0.05, 0.1) is 32.6 Å². The Balaban J connectivity index is 1.45. The van der Waals surface area contributed by atoms with Crippen LogP contribution in [0, 0.1) is 0 Å². The Hall–Kier alpha value is -3.20.